The monoisotopic (exact) mass is 295 g/mol. The van der Waals surface area contributed by atoms with E-state index in [0.717, 1.165) is 25.9 Å². The summed E-state index contributed by atoms with van der Waals surface area (Å²) in [5.74, 6) is -0.540. The SMILES string of the molecule is CCC(C)N(CC)CCCC(=O)Nc1ccc(F)c(N)c1. The number of anilines is 2. The summed E-state index contributed by atoms with van der Waals surface area (Å²) in [5, 5.41) is 2.74. The van der Waals surface area contributed by atoms with Crippen molar-refractivity contribution in [1.82, 2.24) is 4.90 Å². The molecule has 1 atom stereocenters. The first-order valence-electron chi connectivity index (χ1n) is 7.56. The van der Waals surface area contributed by atoms with E-state index in [2.05, 4.69) is 31.0 Å². The van der Waals surface area contributed by atoms with Crippen molar-refractivity contribution in [1.29, 1.82) is 0 Å². The second-order valence-electron chi connectivity index (χ2n) is 5.27. The molecule has 0 aromatic heterocycles. The number of halogens is 1. The molecule has 1 unspecified atom stereocenters. The zero-order valence-corrected chi connectivity index (χ0v) is 13.2. The third-order valence-corrected chi connectivity index (χ3v) is 3.75. The third kappa shape index (κ3) is 5.71. The Morgan fingerprint density at radius 1 is 1.43 bits per heavy atom. The standard InChI is InChI=1S/C16H26FN3O/c1-4-12(3)20(5-2)10-6-7-16(21)19-13-8-9-14(17)15(18)11-13/h8-9,11-12H,4-7,10,18H2,1-3H3,(H,19,21). The topological polar surface area (TPSA) is 58.4 Å². The highest BCUT2D eigenvalue weighted by molar-refractivity contribution is 5.91. The van der Waals surface area contributed by atoms with Crippen LogP contribution in [-0.2, 0) is 4.79 Å². The quantitative estimate of drug-likeness (QED) is 0.724. The van der Waals surface area contributed by atoms with Gasteiger partial charge in [-0.3, -0.25) is 4.79 Å². The van der Waals surface area contributed by atoms with Gasteiger partial charge in [-0.25, -0.2) is 4.39 Å². The van der Waals surface area contributed by atoms with Crippen LogP contribution in [0.4, 0.5) is 15.8 Å². The smallest absolute Gasteiger partial charge is 0.224 e. The van der Waals surface area contributed by atoms with Crippen LogP contribution in [0.15, 0.2) is 18.2 Å². The number of nitrogens with one attached hydrogen (secondary N) is 1. The van der Waals surface area contributed by atoms with E-state index in [4.69, 9.17) is 5.73 Å². The largest absolute Gasteiger partial charge is 0.396 e. The molecule has 0 aliphatic rings. The first-order valence-corrected chi connectivity index (χ1v) is 7.56. The lowest BCUT2D eigenvalue weighted by atomic mass is 10.2. The lowest BCUT2D eigenvalue weighted by molar-refractivity contribution is -0.116. The number of nitrogen functional groups attached to an aromatic ring is 1. The summed E-state index contributed by atoms with van der Waals surface area (Å²) >= 11 is 0. The van der Waals surface area contributed by atoms with Gasteiger partial charge in [0.25, 0.3) is 0 Å². The van der Waals surface area contributed by atoms with Crippen molar-refractivity contribution >= 4 is 17.3 Å². The number of carbonyl (C=O) groups is 1. The molecule has 118 valence electrons. The summed E-state index contributed by atoms with van der Waals surface area (Å²) in [6.45, 7) is 8.40. The van der Waals surface area contributed by atoms with Crippen LogP contribution in [0.2, 0.25) is 0 Å². The van der Waals surface area contributed by atoms with Gasteiger partial charge in [0.1, 0.15) is 5.82 Å². The number of amides is 1. The van der Waals surface area contributed by atoms with Gasteiger partial charge >= 0.3 is 0 Å². The van der Waals surface area contributed by atoms with E-state index >= 15 is 0 Å². The third-order valence-electron chi connectivity index (χ3n) is 3.75. The van der Waals surface area contributed by atoms with Crippen LogP contribution in [0.25, 0.3) is 0 Å². The predicted octanol–water partition coefficient (Wildman–Crippen LogP) is 3.25. The second kappa shape index (κ2) is 8.62. The molecule has 3 N–H and O–H groups in total. The molecular weight excluding hydrogens is 269 g/mol. The van der Waals surface area contributed by atoms with E-state index in [9.17, 15) is 9.18 Å². The molecule has 0 radical (unpaired) electrons. The average Bonchev–Trinajstić information content (AvgIpc) is 2.46. The molecule has 0 aliphatic heterocycles. The Bertz CT molecular complexity index is 465. The van der Waals surface area contributed by atoms with E-state index in [-0.39, 0.29) is 11.6 Å². The van der Waals surface area contributed by atoms with Gasteiger partial charge in [0.05, 0.1) is 5.69 Å². The van der Waals surface area contributed by atoms with Crippen LogP contribution in [0.5, 0.6) is 0 Å². The normalized spacial score (nSPS) is 12.4. The molecular formula is C16H26FN3O. The van der Waals surface area contributed by atoms with E-state index in [1.54, 1.807) is 0 Å². The maximum absolute atomic E-state index is 13.0. The van der Waals surface area contributed by atoms with E-state index in [1.165, 1.54) is 18.2 Å². The van der Waals surface area contributed by atoms with Crippen molar-refractivity contribution < 1.29 is 9.18 Å². The van der Waals surface area contributed by atoms with Gasteiger partial charge in [-0.2, -0.15) is 0 Å². The van der Waals surface area contributed by atoms with Gasteiger partial charge in [-0.1, -0.05) is 13.8 Å². The van der Waals surface area contributed by atoms with Gasteiger partial charge in [0.15, 0.2) is 0 Å². The summed E-state index contributed by atoms with van der Waals surface area (Å²) in [7, 11) is 0. The van der Waals surface area contributed by atoms with Crippen molar-refractivity contribution in [3.05, 3.63) is 24.0 Å². The molecule has 1 aromatic carbocycles. The Morgan fingerprint density at radius 2 is 2.14 bits per heavy atom. The summed E-state index contributed by atoms with van der Waals surface area (Å²) in [6, 6.07) is 4.74. The van der Waals surface area contributed by atoms with E-state index in [1.807, 2.05) is 0 Å². The van der Waals surface area contributed by atoms with Gasteiger partial charge in [0, 0.05) is 18.2 Å². The highest BCUT2D eigenvalue weighted by atomic mass is 19.1. The Labute approximate surface area is 126 Å². The molecule has 0 spiro atoms. The summed E-state index contributed by atoms with van der Waals surface area (Å²) < 4.78 is 13.0. The lowest BCUT2D eigenvalue weighted by Crippen LogP contribution is -2.33. The molecule has 0 heterocycles. The Balaban J connectivity index is 2.38. The van der Waals surface area contributed by atoms with Crippen LogP contribution in [0.1, 0.15) is 40.0 Å². The number of benzene rings is 1. The number of hydrogen-bond acceptors (Lipinski definition) is 3. The fourth-order valence-corrected chi connectivity index (χ4v) is 2.24. The van der Waals surface area contributed by atoms with E-state index in [0.29, 0.717) is 18.2 Å². The van der Waals surface area contributed by atoms with Crippen LogP contribution in [0.3, 0.4) is 0 Å². The van der Waals surface area contributed by atoms with Crippen LogP contribution in [-0.4, -0.2) is 29.9 Å². The minimum atomic E-state index is -0.472. The van der Waals surface area contributed by atoms with Gasteiger partial charge < -0.3 is 16.0 Å². The fourth-order valence-electron chi connectivity index (χ4n) is 2.24. The first-order chi connectivity index (χ1) is 9.97. The number of carbonyl (C=O) groups excluding carboxylic acids is 1. The van der Waals surface area contributed by atoms with Gasteiger partial charge in [-0.05, 0) is 51.1 Å². The minimum absolute atomic E-state index is 0.0433. The van der Waals surface area contributed by atoms with Crippen molar-refractivity contribution in [3.8, 4) is 0 Å². The fraction of sp³-hybridized carbons (Fsp3) is 0.562. The average molecular weight is 295 g/mol. The molecule has 4 nitrogen and oxygen atoms in total. The van der Waals surface area contributed by atoms with E-state index < -0.39 is 5.82 Å². The number of hydrogen-bond donors (Lipinski definition) is 2. The molecule has 0 saturated heterocycles. The summed E-state index contributed by atoms with van der Waals surface area (Å²) in [4.78, 5) is 14.2. The zero-order chi connectivity index (χ0) is 15.8. The minimum Gasteiger partial charge on any atom is -0.396 e. The molecule has 0 saturated carbocycles. The van der Waals surface area contributed by atoms with Crippen LogP contribution < -0.4 is 11.1 Å². The van der Waals surface area contributed by atoms with Crippen LogP contribution in [0, 0.1) is 5.82 Å². The number of nitrogens with zero attached hydrogens (tertiary/aromatic N) is 1. The Hall–Kier alpha value is -1.62. The molecule has 1 amide bonds. The van der Waals surface area contributed by atoms with Crippen molar-refractivity contribution in [2.24, 2.45) is 0 Å². The van der Waals surface area contributed by atoms with Crippen molar-refractivity contribution in [2.45, 2.75) is 46.1 Å². The Morgan fingerprint density at radius 3 is 2.71 bits per heavy atom. The molecule has 0 bridgehead atoms. The molecule has 1 aromatic rings. The van der Waals surface area contributed by atoms with Gasteiger partial charge in [-0.15, -0.1) is 0 Å². The summed E-state index contributed by atoms with van der Waals surface area (Å²) in [5.41, 5.74) is 6.05. The van der Waals surface area contributed by atoms with Gasteiger partial charge in [0.2, 0.25) is 5.91 Å². The predicted molar refractivity (Wildman–Crippen MR) is 85.7 cm³/mol. The molecule has 1 rings (SSSR count). The first kappa shape index (κ1) is 17.4. The van der Waals surface area contributed by atoms with Crippen molar-refractivity contribution in [3.63, 3.8) is 0 Å². The number of nitrogens with two attached hydrogens (primary N) is 1. The van der Waals surface area contributed by atoms with Crippen molar-refractivity contribution in [2.75, 3.05) is 24.1 Å². The highest BCUT2D eigenvalue weighted by Gasteiger charge is 2.11. The molecule has 5 heteroatoms. The lowest BCUT2D eigenvalue weighted by Gasteiger charge is -2.26. The number of rotatable bonds is 8. The molecule has 0 fully saturated rings. The zero-order valence-electron chi connectivity index (χ0n) is 13.2. The second-order valence-corrected chi connectivity index (χ2v) is 5.27. The molecule has 0 aliphatic carbocycles. The molecule has 21 heavy (non-hydrogen) atoms. The summed E-state index contributed by atoms with van der Waals surface area (Å²) in [6.07, 6.45) is 2.36. The highest BCUT2D eigenvalue weighted by Crippen LogP contribution is 2.16. The maximum atomic E-state index is 13.0. The van der Waals surface area contributed by atoms with Crippen LogP contribution >= 0.6 is 0 Å². The maximum Gasteiger partial charge on any atom is 0.224 e. The Kier molecular flexibility index (Phi) is 7.15.